The molecule has 1 rings (SSSR count). The summed E-state index contributed by atoms with van der Waals surface area (Å²) in [5.41, 5.74) is -0.688. The standard InChI is InChI=1S/C8H6BF3O.K/c1-3-4(9)6(11)7(12)8(13-2)5(3)10;/h1-2H3;/q-1;+1. The summed E-state index contributed by atoms with van der Waals surface area (Å²) < 4.78 is 43.2. The predicted octanol–water partition coefficient (Wildman–Crippen LogP) is -1.78. The summed E-state index contributed by atoms with van der Waals surface area (Å²) in [4.78, 5) is 0. The molecule has 1 aromatic rings. The third-order valence-electron chi connectivity index (χ3n) is 1.77. The molecule has 14 heavy (non-hydrogen) atoms. The van der Waals surface area contributed by atoms with Crippen molar-refractivity contribution in [3.05, 3.63) is 23.0 Å². The van der Waals surface area contributed by atoms with Crippen LogP contribution in [0.3, 0.4) is 0 Å². The summed E-state index contributed by atoms with van der Waals surface area (Å²) in [6.07, 6.45) is 0. The summed E-state index contributed by atoms with van der Waals surface area (Å²) in [6, 6.07) is 0. The number of halogens is 3. The van der Waals surface area contributed by atoms with Gasteiger partial charge in [-0.25, -0.2) is 8.78 Å². The van der Waals surface area contributed by atoms with E-state index in [-0.39, 0.29) is 56.9 Å². The van der Waals surface area contributed by atoms with Crippen LogP contribution in [0, 0.1) is 24.4 Å². The van der Waals surface area contributed by atoms with Crippen molar-refractivity contribution in [3.8, 4) is 5.75 Å². The van der Waals surface area contributed by atoms with E-state index in [0.717, 1.165) is 7.11 Å². The van der Waals surface area contributed by atoms with Crippen LogP contribution in [0.2, 0.25) is 0 Å². The monoisotopic (exact) mass is 225 g/mol. The van der Waals surface area contributed by atoms with E-state index in [9.17, 15) is 13.2 Å². The Bertz CT molecular complexity index is 328. The second kappa shape index (κ2) is 5.56. The van der Waals surface area contributed by atoms with Crippen molar-refractivity contribution >= 4 is 13.3 Å². The van der Waals surface area contributed by atoms with Gasteiger partial charge in [-0.05, 0) is 6.92 Å². The first-order valence-electron chi connectivity index (χ1n) is 3.47. The molecule has 0 heterocycles. The maximum atomic E-state index is 13.1. The molecule has 1 aromatic carbocycles. The summed E-state index contributed by atoms with van der Waals surface area (Å²) in [5, 5.41) is 0. The largest absolute Gasteiger partial charge is 1.00 e. The van der Waals surface area contributed by atoms with Crippen LogP contribution >= 0.6 is 0 Å². The van der Waals surface area contributed by atoms with E-state index in [1.807, 2.05) is 0 Å². The fourth-order valence-electron chi connectivity index (χ4n) is 0.947. The van der Waals surface area contributed by atoms with E-state index < -0.39 is 28.7 Å². The molecule has 1 nitrogen and oxygen atoms in total. The molecule has 0 aromatic heterocycles. The summed E-state index contributed by atoms with van der Waals surface area (Å²) in [6.45, 7) is 1.25. The average Bonchev–Trinajstić information content (AvgIpc) is 2.13. The molecule has 0 amide bonds. The van der Waals surface area contributed by atoms with Crippen LogP contribution < -0.4 is 61.6 Å². The van der Waals surface area contributed by atoms with Crippen molar-refractivity contribution in [2.24, 2.45) is 0 Å². The van der Waals surface area contributed by atoms with E-state index in [0.29, 0.717) is 0 Å². The number of benzene rings is 1. The van der Waals surface area contributed by atoms with Crippen molar-refractivity contribution in [1.29, 1.82) is 0 Å². The molecule has 6 heteroatoms. The molecule has 0 aliphatic carbocycles. The van der Waals surface area contributed by atoms with Gasteiger partial charge in [-0.1, -0.05) is 5.56 Å². The second-order valence-corrected chi connectivity index (χ2v) is 2.51. The Labute approximate surface area is 124 Å². The first-order valence-corrected chi connectivity index (χ1v) is 3.47. The Kier molecular flexibility index (Phi) is 5.76. The Morgan fingerprint density at radius 3 is 2.00 bits per heavy atom. The van der Waals surface area contributed by atoms with Gasteiger partial charge in [0.25, 0.3) is 0 Å². The Morgan fingerprint density at radius 1 is 1.07 bits per heavy atom. The smallest absolute Gasteiger partial charge is 0.576 e. The van der Waals surface area contributed by atoms with Crippen molar-refractivity contribution in [2.45, 2.75) is 6.92 Å². The number of hydrogen-bond donors (Lipinski definition) is 0. The minimum atomic E-state index is -1.40. The normalized spacial score (nSPS) is 9.57. The molecule has 0 aliphatic heterocycles. The summed E-state index contributed by atoms with van der Waals surface area (Å²) in [7, 11) is 6.15. The number of methoxy groups -OCH3 is 1. The topological polar surface area (TPSA) is 9.23 Å². The molecule has 69 valence electrons. The van der Waals surface area contributed by atoms with Gasteiger partial charge in [0.15, 0.2) is 17.4 Å². The average molecular weight is 225 g/mol. The molecule has 0 N–H and O–H groups in total. The fraction of sp³-hybridized carbons (Fsp3) is 0.250. The fourth-order valence-corrected chi connectivity index (χ4v) is 0.947. The molecular weight excluding hydrogens is 219 g/mol. The molecule has 0 spiro atoms. The van der Waals surface area contributed by atoms with Crippen molar-refractivity contribution < 1.29 is 69.3 Å². The minimum Gasteiger partial charge on any atom is -0.576 e. The Hall–Kier alpha value is 0.511. The minimum absolute atomic E-state index is 0. The molecule has 0 saturated heterocycles. The van der Waals surface area contributed by atoms with Crippen LogP contribution in [-0.4, -0.2) is 15.0 Å². The van der Waals surface area contributed by atoms with Gasteiger partial charge in [0.2, 0.25) is 0 Å². The van der Waals surface area contributed by atoms with Gasteiger partial charge in [-0.2, -0.15) is 4.39 Å². The molecule has 0 saturated carbocycles. The predicted molar refractivity (Wildman–Crippen MR) is 43.0 cm³/mol. The molecule has 0 fully saturated rings. The van der Waals surface area contributed by atoms with Gasteiger partial charge in [-0.3, -0.25) is 5.46 Å². The Balaban J connectivity index is 0.00000169. The zero-order chi connectivity index (χ0) is 10.2. The SMILES string of the molecule is [B-]c1c(C)c(F)c(OC)c(F)c1F.[K+]. The van der Waals surface area contributed by atoms with Crippen LogP contribution in [0.25, 0.3) is 0 Å². The van der Waals surface area contributed by atoms with Crippen molar-refractivity contribution in [2.75, 3.05) is 7.11 Å². The zero-order valence-electron chi connectivity index (χ0n) is 8.12. The second-order valence-electron chi connectivity index (χ2n) is 2.51. The quantitative estimate of drug-likeness (QED) is 0.405. The van der Waals surface area contributed by atoms with Crippen molar-refractivity contribution in [1.82, 2.24) is 0 Å². The van der Waals surface area contributed by atoms with Gasteiger partial charge < -0.3 is 12.6 Å². The number of ether oxygens (including phenoxy) is 1. The van der Waals surface area contributed by atoms with Crippen LogP contribution in [-0.2, 0) is 0 Å². The molecule has 3 radical (unpaired) electrons. The third kappa shape index (κ3) is 2.36. The molecule has 0 bridgehead atoms. The molecule has 0 unspecified atom stereocenters. The van der Waals surface area contributed by atoms with E-state index in [1.165, 1.54) is 6.92 Å². The van der Waals surface area contributed by atoms with Gasteiger partial charge in [-0.15, -0.1) is 0 Å². The number of rotatable bonds is 1. The molecular formula is C8H6BF3KO. The maximum Gasteiger partial charge on any atom is 1.00 e. The van der Waals surface area contributed by atoms with Crippen LogP contribution in [0.1, 0.15) is 5.56 Å². The van der Waals surface area contributed by atoms with Gasteiger partial charge in [0.05, 0.1) is 7.11 Å². The van der Waals surface area contributed by atoms with E-state index in [4.69, 9.17) is 7.85 Å². The van der Waals surface area contributed by atoms with E-state index in [2.05, 4.69) is 4.74 Å². The van der Waals surface area contributed by atoms with E-state index in [1.54, 1.807) is 0 Å². The van der Waals surface area contributed by atoms with Gasteiger partial charge >= 0.3 is 51.4 Å². The third-order valence-corrected chi connectivity index (χ3v) is 1.77. The first-order chi connectivity index (χ1) is 6.00. The molecule has 0 atom stereocenters. The van der Waals surface area contributed by atoms with Crippen molar-refractivity contribution in [3.63, 3.8) is 0 Å². The molecule has 0 aliphatic rings. The van der Waals surface area contributed by atoms with Crippen LogP contribution in [0.15, 0.2) is 0 Å². The zero-order valence-corrected chi connectivity index (χ0v) is 11.2. The van der Waals surface area contributed by atoms with Crippen LogP contribution in [0.4, 0.5) is 13.2 Å². The van der Waals surface area contributed by atoms with Gasteiger partial charge in [0, 0.05) is 0 Å². The van der Waals surface area contributed by atoms with Crippen LogP contribution in [0.5, 0.6) is 5.75 Å². The van der Waals surface area contributed by atoms with E-state index >= 15 is 0 Å². The number of hydrogen-bond acceptors (Lipinski definition) is 1. The summed E-state index contributed by atoms with van der Waals surface area (Å²) in [5.74, 6) is -4.40. The Morgan fingerprint density at radius 2 is 1.57 bits per heavy atom. The summed E-state index contributed by atoms with van der Waals surface area (Å²) >= 11 is 0. The maximum absolute atomic E-state index is 13.1. The first kappa shape index (κ1) is 14.5. The van der Waals surface area contributed by atoms with Gasteiger partial charge in [0.1, 0.15) is 5.82 Å².